The molecule has 4 bridgehead atoms. The molecule has 0 unspecified atom stereocenters. The summed E-state index contributed by atoms with van der Waals surface area (Å²) in [6, 6.07) is 9.13. The van der Waals surface area contributed by atoms with Crippen LogP contribution in [0.25, 0.3) is 11.1 Å². The van der Waals surface area contributed by atoms with Crippen molar-refractivity contribution in [3.8, 4) is 16.9 Å². The largest absolute Gasteiger partial charge is 0.483 e. The summed E-state index contributed by atoms with van der Waals surface area (Å²) in [5.74, 6) is -0.525. The molecular weight excluding hydrogens is 450 g/mol. The van der Waals surface area contributed by atoms with Crippen LogP contribution >= 0.6 is 0 Å². The Morgan fingerprint density at radius 1 is 1.09 bits per heavy atom. The number of fused-ring (bicyclic) bond motifs is 7. The molecule has 1 N–H and O–H groups in total. The average Bonchev–Trinajstić information content (AvgIpc) is 3.24. The Kier molecular flexibility index (Phi) is 5.49. The Balaban J connectivity index is 1.57. The van der Waals surface area contributed by atoms with Gasteiger partial charge in [0.15, 0.2) is 11.6 Å². The maximum Gasteiger partial charge on any atom is 0.208 e. The van der Waals surface area contributed by atoms with Crippen molar-refractivity contribution in [2.45, 2.75) is 50.2 Å². The summed E-state index contributed by atoms with van der Waals surface area (Å²) >= 11 is 0. The van der Waals surface area contributed by atoms with E-state index in [1.165, 1.54) is 24.5 Å². The molecule has 5 rings (SSSR count). The van der Waals surface area contributed by atoms with Crippen molar-refractivity contribution >= 4 is 10.0 Å². The lowest BCUT2D eigenvalue weighted by atomic mass is 9.69. The molecule has 0 radical (unpaired) electrons. The molecule has 1 saturated carbocycles. The first-order valence-corrected chi connectivity index (χ1v) is 12.7. The lowest BCUT2D eigenvalue weighted by Crippen LogP contribution is -2.43. The molecule has 174 valence electrons. The SMILES string of the molecule is CS(=O)(=O)NC1CCC2(CC1)Cc1ccc(F)c(c1)-c1cccc(F)c1OCc1coc2n1. The van der Waals surface area contributed by atoms with Gasteiger partial charge in [0.25, 0.3) is 0 Å². The van der Waals surface area contributed by atoms with Gasteiger partial charge in [0.05, 0.1) is 11.7 Å². The Morgan fingerprint density at radius 2 is 1.88 bits per heavy atom. The van der Waals surface area contributed by atoms with E-state index in [1.54, 1.807) is 18.2 Å². The van der Waals surface area contributed by atoms with E-state index in [0.29, 0.717) is 49.3 Å². The molecule has 2 aromatic carbocycles. The monoisotopic (exact) mass is 474 g/mol. The number of ether oxygens (including phenoxy) is 1. The lowest BCUT2D eigenvalue weighted by molar-refractivity contribution is 0.212. The molecule has 1 spiro atoms. The standard InChI is InChI=1S/C24H24F2N2O4S/c1-33(29,30)28-16-7-9-24(10-8-16)12-15-5-6-20(25)19(11-15)18-3-2-4-21(26)22(18)31-13-17-14-32-23(24)27-17/h2-6,11,14,16,28H,7-10,12-13H2,1H3. The van der Waals surface area contributed by atoms with E-state index in [9.17, 15) is 17.2 Å². The van der Waals surface area contributed by atoms with E-state index < -0.39 is 27.1 Å². The summed E-state index contributed by atoms with van der Waals surface area (Å²) in [7, 11) is -3.30. The molecule has 33 heavy (non-hydrogen) atoms. The Morgan fingerprint density at radius 3 is 2.64 bits per heavy atom. The molecule has 9 heteroatoms. The van der Waals surface area contributed by atoms with Gasteiger partial charge in [0.2, 0.25) is 15.9 Å². The quantitative estimate of drug-likeness (QED) is 0.592. The second kappa shape index (κ2) is 8.22. The van der Waals surface area contributed by atoms with Crippen molar-refractivity contribution in [2.24, 2.45) is 0 Å². The predicted molar refractivity (Wildman–Crippen MR) is 118 cm³/mol. The molecule has 0 saturated heterocycles. The number of rotatable bonds is 2. The van der Waals surface area contributed by atoms with Gasteiger partial charge in [-0.2, -0.15) is 0 Å². The third-order valence-corrected chi connectivity index (χ3v) is 7.29. The van der Waals surface area contributed by atoms with E-state index in [4.69, 9.17) is 9.15 Å². The van der Waals surface area contributed by atoms with Crippen LogP contribution in [0, 0.1) is 11.6 Å². The van der Waals surface area contributed by atoms with Crippen LogP contribution in [0.2, 0.25) is 0 Å². The summed E-state index contributed by atoms with van der Waals surface area (Å²) in [6.45, 7) is -0.0208. The van der Waals surface area contributed by atoms with Crippen LogP contribution in [0.15, 0.2) is 47.1 Å². The molecule has 2 heterocycles. The number of para-hydroxylation sites is 1. The highest BCUT2D eigenvalue weighted by atomic mass is 32.2. The van der Waals surface area contributed by atoms with Crippen LogP contribution in [0.4, 0.5) is 8.78 Å². The first kappa shape index (κ1) is 22.0. The minimum atomic E-state index is -3.30. The summed E-state index contributed by atoms with van der Waals surface area (Å²) < 4.78 is 67.1. The van der Waals surface area contributed by atoms with Crippen LogP contribution < -0.4 is 9.46 Å². The Labute approximate surface area is 191 Å². The highest BCUT2D eigenvalue weighted by Crippen LogP contribution is 2.43. The molecule has 1 aromatic heterocycles. The third-order valence-electron chi connectivity index (χ3n) is 6.52. The summed E-state index contributed by atoms with van der Waals surface area (Å²) in [5.41, 5.74) is 1.52. The molecule has 2 aliphatic rings. The van der Waals surface area contributed by atoms with E-state index in [0.717, 1.165) is 11.8 Å². The smallest absolute Gasteiger partial charge is 0.208 e. The maximum atomic E-state index is 14.8. The lowest BCUT2D eigenvalue weighted by Gasteiger charge is -2.38. The van der Waals surface area contributed by atoms with Gasteiger partial charge in [0, 0.05) is 17.2 Å². The Hall–Kier alpha value is -2.78. The van der Waals surface area contributed by atoms with Crippen LogP contribution in [0.1, 0.15) is 42.8 Å². The number of halogens is 2. The number of nitrogens with one attached hydrogen (secondary N) is 1. The number of benzene rings is 2. The van der Waals surface area contributed by atoms with Crippen molar-refractivity contribution in [1.29, 1.82) is 0 Å². The number of hydrogen-bond acceptors (Lipinski definition) is 5. The number of sulfonamides is 1. The zero-order valence-electron chi connectivity index (χ0n) is 18.1. The molecule has 3 aromatic rings. The fraction of sp³-hybridized carbons (Fsp3) is 0.375. The minimum Gasteiger partial charge on any atom is -0.483 e. The highest BCUT2D eigenvalue weighted by molar-refractivity contribution is 7.88. The van der Waals surface area contributed by atoms with Crippen molar-refractivity contribution < 1.29 is 26.4 Å². The molecular formula is C24H24F2N2O4S. The average molecular weight is 475 g/mol. The topological polar surface area (TPSA) is 81.4 Å². The van der Waals surface area contributed by atoms with Gasteiger partial charge in [-0.3, -0.25) is 0 Å². The number of oxazole rings is 1. The molecule has 0 atom stereocenters. The fourth-order valence-corrected chi connectivity index (χ4v) is 5.81. The maximum absolute atomic E-state index is 14.8. The molecule has 1 aliphatic heterocycles. The van der Waals surface area contributed by atoms with Crippen LogP contribution in [-0.2, 0) is 28.5 Å². The number of hydrogen-bond donors (Lipinski definition) is 1. The van der Waals surface area contributed by atoms with Crippen molar-refractivity contribution in [1.82, 2.24) is 9.71 Å². The second-order valence-corrected chi connectivity index (χ2v) is 10.8. The zero-order valence-corrected chi connectivity index (χ0v) is 18.9. The second-order valence-electron chi connectivity index (χ2n) is 8.98. The highest BCUT2D eigenvalue weighted by Gasteiger charge is 2.42. The van der Waals surface area contributed by atoms with Gasteiger partial charge < -0.3 is 9.15 Å². The van der Waals surface area contributed by atoms with Crippen molar-refractivity contribution in [3.63, 3.8) is 0 Å². The number of aromatic nitrogens is 1. The van der Waals surface area contributed by atoms with Crippen LogP contribution in [0.5, 0.6) is 5.75 Å². The summed E-state index contributed by atoms with van der Waals surface area (Å²) in [6.07, 6.45) is 5.77. The van der Waals surface area contributed by atoms with E-state index in [1.807, 2.05) is 0 Å². The third kappa shape index (κ3) is 4.39. The first-order valence-electron chi connectivity index (χ1n) is 10.8. The van der Waals surface area contributed by atoms with Crippen LogP contribution in [0.3, 0.4) is 0 Å². The van der Waals surface area contributed by atoms with Gasteiger partial charge in [0.1, 0.15) is 24.4 Å². The zero-order chi connectivity index (χ0) is 23.2. The molecule has 1 aliphatic carbocycles. The van der Waals surface area contributed by atoms with Gasteiger partial charge in [-0.05, 0) is 55.9 Å². The summed E-state index contributed by atoms with van der Waals surface area (Å²) in [5, 5.41) is 0. The molecule has 0 amide bonds. The van der Waals surface area contributed by atoms with Crippen molar-refractivity contribution in [2.75, 3.05) is 6.26 Å². The Bertz CT molecular complexity index is 1300. The molecule has 1 fully saturated rings. The van der Waals surface area contributed by atoms with E-state index in [-0.39, 0.29) is 24.0 Å². The summed E-state index contributed by atoms with van der Waals surface area (Å²) in [4.78, 5) is 4.65. The van der Waals surface area contributed by atoms with Gasteiger partial charge in [-0.25, -0.2) is 26.9 Å². The number of nitrogens with zero attached hydrogens (tertiary/aromatic N) is 1. The van der Waals surface area contributed by atoms with Gasteiger partial charge in [-0.1, -0.05) is 18.2 Å². The van der Waals surface area contributed by atoms with Gasteiger partial charge in [-0.15, -0.1) is 0 Å². The normalized spacial score (nSPS) is 22.7. The van der Waals surface area contributed by atoms with Crippen molar-refractivity contribution in [3.05, 3.63) is 71.4 Å². The minimum absolute atomic E-state index is 0.0208. The van der Waals surface area contributed by atoms with Crippen LogP contribution in [-0.4, -0.2) is 25.7 Å². The van der Waals surface area contributed by atoms with E-state index >= 15 is 0 Å². The fourth-order valence-electron chi connectivity index (χ4n) is 4.97. The molecule has 6 nitrogen and oxygen atoms in total. The van der Waals surface area contributed by atoms with Gasteiger partial charge >= 0.3 is 0 Å². The van der Waals surface area contributed by atoms with E-state index in [2.05, 4.69) is 9.71 Å². The predicted octanol–water partition coefficient (Wildman–Crippen LogP) is 4.48. The first-order chi connectivity index (χ1) is 15.7.